The number of nitrogens with zero attached hydrogens (tertiary/aromatic N) is 2. The minimum absolute atomic E-state index is 0. The topological polar surface area (TPSA) is 48.9 Å². The van der Waals surface area contributed by atoms with Gasteiger partial charge in [-0.1, -0.05) is 19.1 Å². The zero-order chi connectivity index (χ0) is 17.2. The normalized spacial score (nSPS) is 16.2. The second-order valence-corrected chi connectivity index (χ2v) is 6.23. The van der Waals surface area contributed by atoms with Crippen molar-refractivity contribution in [2.75, 3.05) is 33.3 Å². The monoisotopic (exact) mass is 460 g/mol. The van der Waals surface area contributed by atoms with Gasteiger partial charge in [0.15, 0.2) is 5.96 Å². The van der Waals surface area contributed by atoms with Crippen LogP contribution in [0.25, 0.3) is 0 Å². The molecule has 0 spiro atoms. The van der Waals surface area contributed by atoms with Gasteiger partial charge in [0.2, 0.25) is 0 Å². The van der Waals surface area contributed by atoms with Crippen molar-refractivity contribution in [2.45, 2.75) is 45.7 Å². The van der Waals surface area contributed by atoms with E-state index in [-0.39, 0.29) is 24.0 Å². The summed E-state index contributed by atoms with van der Waals surface area (Å²) >= 11 is 0. The molecule has 2 N–H and O–H groups in total. The highest BCUT2D eigenvalue weighted by molar-refractivity contribution is 14.0. The van der Waals surface area contributed by atoms with Gasteiger partial charge in [0.05, 0.1) is 13.7 Å². The molecule has 5 nitrogen and oxygen atoms in total. The largest absolute Gasteiger partial charge is 0.497 e. The van der Waals surface area contributed by atoms with Crippen LogP contribution in [0.4, 0.5) is 0 Å². The summed E-state index contributed by atoms with van der Waals surface area (Å²) in [4.78, 5) is 7.30. The molecule has 1 fully saturated rings. The van der Waals surface area contributed by atoms with E-state index in [0.717, 1.165) is 24.8 Å². The number of nitrogens with one attached hydrogen (secondary N) is 2. The number of hydrogen-bond donors (Lipinski definition) is 2. The average Bonchev–Trinajstić information content (AvgIpc) is 3.15. The van der Waals surface area contributed by atoms with Crippen LogP contribution in [0.15, 0.2) is 29.3 Å². The molecule has 1 aromatic carbocycles. The molecule has 6 heteroatoms. The number of methoxy groups -OCH3 is 1. The highest BCUT2D eigenvalue weighted by atomic mass is 127. The maximum atomic E-state index is 5.19. The Bertz CT molecular complexity index is 501. The van der Waals surface area contributed by atoms with E-state index in [2.05, 4.69) is 41.5 Å². The van der Waals surface area contributed by atoms with Gasteiger partial charge in [0, 0.05) is 19.1 Å². The number of hydrogen-bond acceptors (Lipinski definition) is 3. The van der Waals surface area contributed by atoms with Crippen LogP contribution in [0.5, 0.6) is 5.75 Å². The van der Waals surface area contributed by atoms with Crippen molar-refractivity contribution in [3.05, 3.63) is 29.8 Å². The average molecular weight is 460 g/mol. The van der Waals surface area contributed by atoms with Gasteiger partial charge < -0.3 is 15.4 Å². The first-order chi connectivity index (χ1) is 11.8. The van der Waals surface area contributed by atoms with Crippen molar-refractivity contribution in [1.29, 1.82) is 0 Å². The number of aliphatic imine (C=N–C) groups is 1. The SMILES string of the molecule is CCNC(=NCc1ccc(OC)cc1)NCC(CC)N1CCCC1.I. The number of likely N-dealkylation sites (tertiary alicyclic amines) is 1. The van der Waals surface area contributed by atoms with Gasteiger partial charge in [0.25, 0.3) is 0 Å². The lowest BCUT2D eigenvalue weighted by Gasteiger charge is -2.27. The Morgan fingerprint density at radius 3 is 2.40 bits per heavy atom. The summed E-state index contributed by atoms with van der Waals surface area (Å²) in [5.41, 5.74) is 1.18. The van der Waals surface area contributed by atoms with E-state index in [1.165, 1.54) is 37.9 Å². The van der Waals surface area contributed by atoms with Crippen molar-refractivity contribution in [1.82, 2.24) is 15.5 Å². The van der Waals surface area contributed by atoms with Crippen LogP contribution in [0.1, 0.15) is 38.7 Å². The molecular formula is C19H33IN4O. The first kappa shape index (κ1) is 22.0. The van der Waals surface area contributed by atoms with E-state index in [9.17, 15) is 0 Å². The van der Waals surface area contributed by atoms with Gasteiger partial charge in [-0.3, -0.25) is 4.90 Å². The molecule has 1 atom stereocenters. The lowest BCUT2D eigenvalue weighted by atomic mass is 10.2. The molecule has 0 bridgehead atoms. The maximum absolute atomic E-state index is 5.19. The van der Waals surface area contributed by atoms with Crippen LogP contribution in [0.3, 0.4) is 0 Å². The van der Waals surface area contributed by atoms with Crippen molar-refractivity contribution in [3.63, 3.8) is 0 Å². The number of halogens is 1. The highest BCUT2D eigenvalue weighted by Crippen LogP contribution is 2.14. The molecule has 0 saturated carbocycles. The fraction of sp³-hybridized carbons (Fsp3) is 0.632. The maximum Gasteiger partial charge on any atom is 0.191 e. The quantitative estimate of drug-likeness (QED) is 0.355. The van der Waals surface area contributed by atoms with E-state index in [0.29, 0.717) is 12.6 Å². The van der Waals surface area contributed by atoms with E-state index < -0.39 is 0 Å². The smallest absolute Gasteiger partial charge is 0.191 e. The van der Waals surface area contributed by atoms with Crippen LogP contribution in [0, 0.1) is 0 Å². The number of rotatable bonds is 8. The molecule has 2 rings (SSSR count). The van der Waals surface area contributed by atoms with Crippen LogP contribution in [-0.2, 0) is 6.54 Å². The van der Waals surface area contributed by atoms with E-state index >= 15 is 0 Å². The van der Waals surface area contributed by atoms with Gasteiger partial charge in [-0.05, 0) is 57.0 Å². The summed E-state index contributed by atoms with van der Waals surface area (Å²) < 4.78 is 5.19. The molecule has 1 aliphatic heterocycles. The van der Waals surface area contributed by atoms with Crippen molar-refractivity contribution in [3.8, 4) is 5.75 Å². The molecule has 1 saturated heterocycles. The third-order valence-corrected chi connectivity index (χ3v) is 4.56. The molecule has 0 aliphatic carbocycles. The van der Waals surface area contributed by atoms with Crippen molar-refractivity contribution < 1.29 is 4.74 Å². The molecule has 142 valence electrons. The lowest BCUT2D eigenvalue weighted by molar-refractivity contribution is 0.236. The molecular weight excluding hydrogens is 427 g/mol. The fourth-order valence-corrected chi connectivity index (χ4v) is 3.10. The molecule has 0 aromatic heterocycles. The van der Waals surface area contributed by atoms with Gasteiger partial charge in [-0.25, -0.2) is 4.99 Å². The van der Waals surface area contributed by atoms with Crippen LogP contribution < -0.4 is 15.4 Å². The summed E-state index contributed by atoms with van der Waals surface area (Å²) in [6, 6.07) is 8.67. The Hall–Kier alpha value is -1.02. The van der Waals surface area contributed by atoms with Crippen LogP contribution in [0.2, 0.25) is 0 Å². The van der Waals surface area contributed by atoms with Gasteiger partial charge in [-0.15, -0.1) is 24.0 Å². The molecule has 1 heterocycles. The Morgan fingerprint density at radius 2 is 1.84 bits per heavy atom. The summed E-state index contributed by atoms with van der Waals surface area (Å²) in [7, 11) is 1.69. The van der Waals surface area contributed by atoms with Gasteiger partial charge >= 0.3 is 0 Å². The number of benzene rings is 1. The third-order valence-electron chi connectivity index (χ3n) is 4.56. The van der Waals surface area contributed by atoms with Crippen molar-refractivity contribution in [2.24, 2.45) is 4.99 Å². The van der Waals surface area contributed by atoms with E-state index in [1.807, 2.05) is 12.1 Å². The summed E-state index contributed by atoms with van der Waals surface area (Å²) in [5.74, 6) is 1.77. The third kappa shape index (κ3) is 7.40. The second kappa shape index (κ2) is 12.4. The minimum Gasteiger partial charge on any atom is -0.497 e. The Balaban J connectivity index is 0.00000312. The molecule has 25 heavy (non-hydrogen) atoms. The number of ether oxygens (including phenoxy) is 1. The second-order valence-electron chi connectivity index (χ2n) is 6.23. The van der Waals surface area contributed by atoms with Crippen LogP contribution in [-0.4, -0.2) is 50.2 Å². The van der Waals surface area contributed by atoms with E-state index in [1.54, 1.807) is 7.11 Å². The predicted octanol–water partition coefficient (Wildman–Crippen LogP) is 3.24. The minimum atomic E-state index is 0. The lowest BCUT2D eigenvalue weighted by Crippen LogP contribution is -2.46. The zero-order valence-electron chi connectivity index (χ0n) is 15.8. The Labute approximate surface area is 169 Å². The summed E-state index contributed by atoms with van der Waals surface area (Å²) in [6.45, 7) is 9.33. The van der Waals surface area contributed by atoms with Crippen molar-refractivity contribution >= 4 is 29.9 Å². The zero-order valence-corrected chi connectivity index (χ0v) is 18.1. The van der Waals surface area contributed by atoms with Gasteiger partial charge in [0.1, 0.15) is 5.75 Å². The highest BCUT2D eigenvalue weighted by Gasteiger charge is 2.20. The summed E-state index contributed by atoms with van der Waals surface area (Å²) in [6.07, 6.45) is 3.84. The first-order valence-electron chi connectivity index (χ1n) is 9.16. The predicted molar refractivity (Wildman–Crippen MR) is 116 cm³/mol. The van der Waals surface area contributed by atoms with Gasteiger partial charge in [-0.2, -0.15) is 0 Å². The summed E-state index contributed by atoms with van der Waals surface area (Å²) in [5, 5.41) is 6.86. The van der Waals surface area contributed by atoms with Crippen LogP contribution >= 0.6 is 24.0 Å². The molecule has 1 unspecified atom stereocenters. The Morgan fingerprint density at radius 1 is 1.16 bits per heavy atom. The molecule has 0 radical (unpaired) electrons. The molecule has 1 aliphatic rings. The van der Waals surface area contributed by atoms with E-state index in [4.69, 9.17) is 9.73 Å². The first-order valence-corrected chi connectivity index (χ1v) is 9.16. The Kier molecular flexibility index (Phi) is 10.9. The molecule has 1 aromatic rings. The molecule has 0 amide bonds. The standard InChI is InChI=1S/C19H32N4O.HI/c1-4-17(23-12-6-7-13-23)15-22-19(20-5-2)21-14-16-8-10-18(24-3)11-9-16;/h8-11,17H,4-7,12-15H2,1-3H3,(H2,20,21,22);1H. The fourth-order valence-electron chi connectivity index (χ4n) is 3.10. The number of guanidine groups is 1.